The van der Waals surface area contributed by atoms with Gasteiger partial charge in [0, 0.05) is 25.7 Å². The SMILES string of the molecule is C=C(CCC1C(O)CC2CC[C@@H]3[C@@H](CC[C@]4(C)C(O)CC[C@@H]34)[C@@]2(C)C1CCC(=C)OC(=O)CC)OC(=O)CC. The smallest absolute Gasteiger partial charge is 0.310 e. The summed E-state index contributed by atoms with van der Waals surface area (Å²) in [6, 6.07) is 0. The Bertz CT molecular complexity index is 942. The number of rotatable bonds is 10. The van der Waals surface area contributed by atoms with E-state index in [-0.39, 0.29) is 40.7 Å². The van der Waals surface area contributed by atoms with Crippen LogP contribution >= 0.6 is 0 Å². The maximum Gasteiger partial charge on any atom is 0.310 e. The van der Waals surface area contributed by atoms with Crippen molar-refractivity contribution in [2.24, 2.45) is 46.3 Å². The molecule has 4 rings (SSSR count). The van der Waals surface area contributed by atoms with Crippen LogP contribution in [0.3, 0.4) is 0 Å². The van der Waals surface area contributed by atoms with Crippen LogP contribution in [0.1, 0.15) is 111 Å². The average molecular weight is 545 g/mol. The first-order chi connectivity index (χ1) is 18.4. The second-order valence-electron chi connectivity index (χ2n) is 13.5. The molecule has 6 nitrogen and oxygen atoms in total. The molecule has 10 atom stereocenters. The third kappa shape index (κ3) is 5.75. The number of hydrogen-bond donors (Lipinski definition) is 2. The second-order valence-corrected chi connectivity index (χ2v) is 13.5. The van der Waals surface area contributed by atoms with Crippen molar-refractivity contribution in [3.05, 3.63) is 24.7 Å². The molecule has 0 amide bonds. The van der Waals surface area contributed by atoms with Crippen molar-refractivity contribution in [3.8, 4) is 0 Å². The minimum atomic E-state index is -0.423. The Labute approximate surface area is 235 Å². The minimum absolute atomic E-state index is 0.0248. The van der Waals surface area contributed by atoms with Crippen molar-refractivity contribution in [1.82, 2.24) is 0 Å². The van der Waals surface area contributed by atoms with E-state index in [0.29, 0.717) is 67.3 Å². The highest BCUT2D eigenvalue weighted by molar-refractivity contribution is 5.70. The van der Waals surface area contributed by atoms with E-state index in [1.165, 1.54) is 6.42 Å². The van der Waals surface area contributed by atoms with Gasteiger partial charge in [-0.2, -0.15) is 0 Å². The minimum Gasteiger partial charge on any atom is -0.432 e. The predicted octanol–water partition coefficient (Wildman–Crippen LogP) is 6.70. The van der Waals surface area contributed by atoms with Gasteiger partial charge < -0.3 is 19.7 Å². The second kappa shape index (κ2) is 12.1. The highest BCUT2D eigenvalue weighted by Crippen LogP contribution is 2.68. The summed E-state index contributed by atoms with van der Waals surface area (Å²) in [5.41, 5.74) is 0.0646. The third-order valence-corrected chi connectivity index (χ3v) is 11.8. The molecular formula is C33H52O6. The standard InChI is InChI=1S/C33H52O6/c1-7-30(36)38-20(3)9-12-24-26(14-10-21(4)39-31(37)8-2)33(6)22(19-28(24)34)11-13-23-25-15-16-29(35)32(25,5)18-17-27(23)33/h22-29,34-35H,3-4,7-19H2,1-2,5-6H3/t22?,23-,24?,25-,26?,27+,28?,29?,32-,33+/m0/s1. The number of carbonyl (C=O) groups is 2. The molecule has 2 N–H and O–H groups in total. The normalized spacial score (nSPS) is 41.1. The van der Waals surface area contributed by atoms with Gasteiger partial charge in [-0.15, -0.1) is 0 Å². The molecule has 5 unspecified atom stereocenters. The fourth-order valence-electron chi connectivity index (χ4n) is 9.72. The number of fused-ring (bicyclic) bond motifs is 5. The number of esters is 2. The van der Waals surface area contributed by atoms with Crippen molar-refractivity contribution in [1.29, 1.82) is 0 Å². The third-order valence-electron chi connectivity index (χ3n) is 11.8. The van der Waals surface area contributed by atoms with Crippen LogP contribution in [0.15, 0.2) is 24.7 Å². The molecule has 0 aromatic rings. The molecule has 4 fully saturated rings. The zero-order valence-corrected chi connectivity index (χ0v) is 24.8. The van der Waals surface area contributed by atoms with Crippen LogP contribution in [0.4, 0.5) is 0 Å². The Morgan fingerprint density at radius 3 is 2.08 bits per heavy atom. The molecule has 0 aromatic carbocycles. The molecular weight excluding hydrogens is 492 g/mol. The van der Waals surface area contributed by atoms with Crippen molar-refractivity contribution < 1.29 is 29.3 Å². The molecule has 4 aliphatic rings. The van der Waals surface area contributed by atoms with E-state index in [9.17, 15) is 19.8 Å². The maximum atomic E-state index is 11.9. The monoisotopic (exact) mass is 544 g/mol. The predicted molar refractivity (Wildman–Crippen MR) is 151 cm³/mol. The van der Waals surface area contributed by atoms with E-state index < -0.39 is 6.10 Å². The molecule has 0 aliphatic heterocycles. The Balaban J connectivity index is 1.60. The lowest BCUT2D eigenvalue weighted by Crippen LogP contribution is -2.60. The molecule has 0 spiro atoms. The molecule has 0 heterocycles. The van der Waals surface area contributed by atoms with Gasteiger partial charge in [-0.05, 0) is 104 Å². The zero-order valence-electron chi connectivity index (χ0n) is 24.8. The van der Waals surface area contributed by atoms with Gasteiger partial charge >= 0.3 is 11.9 Å². The fraction of sp³-hybridized carbons (Fsp3) is 0.818. The Morgan fingerprint density at radius 1 is 0.846 bits per heavy atom. The zero-order chi connectivity index (χ0) is 28.5. The molecule has 6 heteroatoms. The van der Waals surface area contributed by atoms with Gasteiger partial charge in [-0.1, -0.05) is 40.9 Å². The largest absolute Gasteiger partial charge is 0.432 e. The Kier molecular flexibility index (Phi) is 9.37. The summed E-state index contributed by atoms with van der Waals surface area (Å²) in [5, 5.41) is 22.4. The summed E-state index contributed by atoms with van der Waals surface area (Å²) in [4.78, 5) is 23.8. The summed E-state index contributed by atoms with van der Waals surface area (Å²) < 4.78 is 10.9. The molecule has 4 aliphatic carbocycles. The van der Waals surface area contributed by atoms with Gasteiger partial charge in [-0.3, -0.25) is 9.59 Å². The van der Waals surface area contributed by atoms with Crippen LogP contribution < -0.4 is 0 Å². The number of hydrogen-bond acceptors (Lipinski definition) is 6. The van der Waals surface area contributed by atoms with Crippen molar-refractivity contribution in [2.45, 2.75) is 123 Å². The number of aliphatic hydroxyl groups excluding tert-OH is 2. The van der Waals surface area contributed by atoms with Crippen LogP contribution in [0, 0.1) is 46.3 Å². The van der Waals surface area contributed by atoms with E-state index >= 15 is 0 Å². The fourth-order valence-corrected chi connectivity index (χ4v) is 9.72. The van der Waals surface area contributed by atoms with E-state index in [1.807, 2.05) is 0 Å². The van der Waals surface area contributed by atoms with Crippen molar-refractivity contribution in [2.75, 3.05) is 0 Å². The molecule has 39 heavy (non-hydrogen) atoms. The van der Waals surface area contributed by atoms with Gasteiger partial charge in [0.15, 0.2) is 0 Å². The molecule has 0 aromatic heterocycles. The highest BCUT2D eigenvalue weighted by Gasteiger charge is 2.63. The van der Waals surface area contributed by atoms with E-state index in [2.05, 4.69) is 27.0 Å². The number of allylic oxidation sites excluding steroid dienone is 2. The summed E-state index contributed by atoms with van der Waals surface area (Å²) in [6.45, 7) is 16.4. The lowest BCUT2D eigenvalue weighted by molar-refractivity contribution is -0.183. The van der Waals surface area contributed by atoms with E-state index in [1.54, 1.807) is 13.8 Å². The topological polar surface area (TPSA) is 93.1 Å². The van der Waals surface area contributed by atoms with Crippen molar-refractivity contribution >= 4 is 11.9 Å². The quantitative estimate of drug-likeness (QED) is 0.235. The van der Waals surface area contributed by atoms with E-state index in [4.69, 9.17) is 9.47 Å². The average Bonchev–Trinajstić information content (AvgIpc) is 3.20. The molecule has 4 saturated carbocycles. The Morgan fingerprint density at radius 2 is 1.46 bits per heavy atom. The lowest BCUT2D eigenvalue weighted by atomic mass is 9.40. The molecule has 0 saturated heterocycles. The molecule has 220 valence electrons. The first-order valence-corrected chi connectivity index (χ1v) is 15.6. The summed E-state index contributed by atoms with van der Waals surface area (Å²) in [5.74, 6) is 2.85. The highest BCUT2D eigenvalue weighted by atomic mass is 16.5. The van der Waals surface area contributed by atoms with Crippen LogP contribution in [0.2, 0.25) is 0 Å². The summed E-state index contributed by atoms with van der Waals surface area (Å²) >= 11 is 0. The summed E-state index contributed by atoms with van der Waals surface area (Å²) in [7, 11) is 0. The molecule has 0 radical (unpaired) electrons. The van der Waals surface area contributed by atoms with Crippen LogP contribution in [0.5, 0.6) is 0 Å². The number of aliphatic hydroxyl groups is 2. The van der Waals surface area contributed by atoms with Crippen molar-refractivity contribution in [3.63, 3.8) is 0 Å². The van der Waals surface area contributed by atoms with Crippen LogP contribution in [-0.4, -0.2) is 34.4 Å². The maximum absolute atomic E-state index is 11.9. The Hall–Kier alpha value is -1.66. The summed E-state index contributed by atoms with van der Waals surface area (Å²) in [6.07, 6.45) is 9.97. The number of carbonyl (C=O) groups excluding carboxylic acids is 2. The lowest BCUT2D eigenvalue weighted by Gasteiger charge is -2.65. The van der Waals surface area contributed by atoms with E-state index in [0.717, 1.165) is 44.9 Å². The first kappa shape index (κ1) is 30.3. The van der Waals surface area contributed by atoms with Crippen LogP contribution in [0.25, 0.3) is 0 Å². The van der Waals surface area contributed by atoms with Crippen LogP contribution in [-0.2, 0) is 19.1 Å². The first-order valence-electron chi connectivity index (χ1n) is 15.6. The van der Waals surface area contributed by atoms with Gasteiger partial charge in [0.25, 0.3) is 0 Å². The van der Waals surface area contributed by atoms with Gasteiger partial charge in [0.05, 0.1) is 12.2 Å². The van der Waals surface area contributed by atoms with Gasteiger partial charge in [-0.25, -0.2) is 0 Å². The number of ether oxygens (including phenoxy) is 2. The molecule has 0 bridgehead atoms. The van der Waals surface area contributed by atoms with Gasteiger partial charge in [0.1, 0.15) is 11.5 Å². The van der Waals surface area contributed by atoms with Gasteiger partial charge in [0.2, 0.25) is 0 Å².